The summed E-state index contributed by atoms with van der Waals surface area (Å²) < 4.78 is 15.9. The van der Waals surface area contributed by atoms with Crippen LogP contribution in [-0.2, 0) is 19.1 Å². The Hall–Kier alpha value is -3.81. The Morgan fingerprint density at radius 3 is 2.14 bits per heavy atom. The number of rotatable bonds is 11. The predicted octanol–water partition coefficient (Wildman–Crippen LogP) is 5.17. The summed E-state index contributed by atoms with van der Waals surface area (Å²) >= 11 is 0. The first kappa shape index (κ1) is 27.8. The fourth-order valence-electron chi connectivity index (χ4n) is 4.28. The molecule has 1 saturated carbocycles. The minimum absolute atomic E-state index is 0.0215. The molecule has 2 aromatic carbocycles. The van der Waals surface area contributed by atoms with Crippen LogP contribution in [0.2, 0.25) is 0 Å². The lowest BCUT2D eigenvalue weighted by Crippen LogP contribution is -2.25. The molecule has 4 N–H and O–H groups in total. The van der Waals surface area contributed by atoms with Crippen LogP contribution in [0.25, 0.3) is 6.08 Å². The van der Waals surface area contributed by atoms with Crippen LogP contribution < -0.4 is 16.2 Å². The second-order valence-electron chi connectivity index (χ2n) is 9.35. The number of carbonyl (C=O) groups is 3. The Balaban J connectivity index is 1.30. The van der Waals surface area contributed by atoms with Crippen LogP contribution in [0.4, 0.5) is 11.4 Å². The predicted molar refractivity (Wildman–Crippen MR) is 143 cm³/mol. The van der Waals surface area contributed by atoms with E-state index < -0.39 is 11.9 Å². The van der Waals surface area contributed by atoms with Crippen molar-refractivity contribution >= 4 is 35.4 Å². The minimum atomic E-state index is -0.501. The number of hydrogen-bond acceptors (Lipinski definition) is 8. The van der Waals surface area contributed by atoms with Crippen LogP contribution in [0.1, 0.15) is 67.8 Å². The quantitative estimate of drug-likeness (QED) is 0.140. The van der Waals surface area contributed by atoms with E-state index in [9.17, 15) is 14.4 Å². The SMILES string of the molecule is CCC1CCC(C(=O)Oc2ccc(/C=C/C(=O)OCCCCOC(=O)c3cc(N)cc(N)c3)cc2)CC1. The summed E-state index contributed by atoms with van der Waals surface area (Å²) in [5.41, 5.74) is 13.2. The molecule has 0 radical (unpaired) electrons. The summed E-state index contributed by atoms with van der Waals surface area (Å²) in [7, 11) is 0. The van der Waals surface area contributed by atoms with E-state index in [1.807, 2.05) is 0 Å². The van der Waals surface area contributed by atoms with Gasteiger partial charge >= 0.3 is 17.9 Å². The summed E-state index contributed by atoms with van der Waals surface area (Å²) in [4.78, 5) is 36.4. The zero-order chi connectivity index (χ0) is 26.6. The highest BCUT2D eigenvalue weighted by molar-refractivity contribution is 5.91. The number of carbonyl (C=O) groups excluding carboxylic acids is 3. The molecular formula is C29H36N2O6. The molecule has 0 bridgehead atoms. The molecule has 2 aromatic rings. The Kier molecular flexibility index (Phi) is 10.6. The second kappa shape index (κ2) is 14.1. The molecule has 1 aliphatic rings. The molecule has 0 saturated heterocycles. The average molecular weight is 509 g/mol. The lowest BCUT2D eigenvalue weighted by atomic mass is 9.81. The smallest absolute Gasteiger partial charge is 0.338 e. The van der Waals surface area contributed by atoms with Gasteiger partial charge in [0.1, 0.15) is 5.75 Å². The van der Waals surface area contributed by atoms with Gasteiger partial charge in [0, 0.05) is 17.5 Å². The van der Waals surface area contributed by atoms with Crippen LogP contribution >= 0.6 is 0 Å². The highest BCUT2D eigenvalue weighted by atomic mass is 16.5. The molecule has 0 atom stereocenters. The number of anilines is 2. The van der Waals surface area contributed by atoms with E-state index in [-0.39, 0.29) is 25.1 Å². The number of nitrogens with two attached hydrogens (primary N) is 2. The highest BCUT2D eigenvalue weighted by Gasteiger charge is 2.26. The first-order valence-electron chi connectivity index (χ1n) is 12.8. The number of esters is 3. The number of hydrogen-bond donors (Lipinski definition) is 2. The molecule has 198 valence electrons. The Labute approximate surface area is 218 Å². The molecule has 0 aliphatic heterocycles. The summed E-state index contributed by atoms with van der Waals surface area (Å²) in [6, 6.07) is 11.6. The molecule has 3 rings (SSSR count). The first-order valence-corrected chi connectivity index (χ1v) is 12.8. The van der Waals surface area contributed by atoms with E-state index in [1.165, 1.54) is 24.6 Å². The molecule has 1 fully saturated rings. The van der Waals surface area contributed by atoms with Crippen LogP contribution in [0.15, 0.2) is 48.5 Å². The molecule has 8 heteroatoms. The van der Waals surface area contributed by atoms with Gasteiger partial charge < -0.3 is 25.7 Å². The number of unbranched alkanes of at least 4 members (excludes halogenated alkanes) is 1. The summed E-state index contributed by atoms with van der Waals surface area (Å²) in [5, 5.41) is 0. The van der Waals surface area contributed by atoms with Gasteiger partial charge in [-0.15, -0.1) is 0 Å². The molecule has 0 unspecified atom stereocenters. The fraction of sp³-hybridized carbons (Fsp3) is 0.414. The standard InChI is InChI=1S/C29H36N2O6/c1-2-20-5-10-22(11-6-20)29(34)37-26-12-7-21(8-13-26)9-14-27(32)35-15-3-4-16-36-28(33)23-17-24(30)19-25(31)18-23/h7-9,12-14,17-20,22H,2-6,10-11,15-16,30-31H2,1H3/b14-9+. The van der Waals surface area contributed by atoms with Crippen LogP contribution in [-0.4, -0.2) is 31.1 Å². The van der Waals surface area contributed by atoms with Gasteiger partial charge in [-0.1, -0.05) is 25.5 Å². The normalized spacial score (nSPS) is 17.3. The molecular weight excluding hydrogens is 472 g/mol. The zero-order valence-corrected chi connectivity index (χ0v) is 21.3. The van der Waals surface area contributed by atoms with Gasteiger partial charge in [0.2, 0.25) is 0 Å². The van der Waals surface area contributed by atoms with Crippen LogP contribution in [0, 0.1) is 11.8 Å². The zero-order valence-electron chi connectivity index (χ0n) is 21.3. The lowest BCUT2D eigenvalue weighted by molar-refractivity contribution is -0.140. The van der Waals surface area contributed by atoms with Gasteiger partial charge in [-0.25, -0.2) is 9.59 Å². The van der Waals surface area contributed by atoms with Crippen LogP contribution in [0.3, 0.4) is 0 Å². The monoisotopic (exact) mass is 508 g/mol. The van der Waals surface area contributed by atoms with Crippen molar-refractivity contribution in [1.29, 1.82) is 0 Å². The average Bonchev–Trinajstić information content (AvgIpc) is 2.89. The van der Waals surface area contributed by atoms with E-state index in [1.54, 1.807) is 36.4 Å². The van der Waals surface area contributed by atoms with Gasteiger partial charge in [0.05, 0.1) is 24.7 Å². The van der Waals surface area contributed by atoms with E-state index in [0.717, 1.165) is 37.2 Å². The minimum Gasteiger partial charge on any atom is -0.463 e. The van der Waals surface area contributed by atoms with Crippen molar-refractivity contribution in [3.63, 3.8) is 0 Å². The molecule has 0 spiro atoms. The third-order valence-corrected chi connectivity index (χ3v) is 6.50. The van der Waals surface area contributed by atoms with Crippen LogP contribution in [0.5, 0.6) is 5.75 Å². The van der Waals surface area contributed by atoms with Crippen molar-refractivity contribution in [2.45, 2.75) is 51.9 Å². The van der Waals surface area contributed by atoms with Crippen molar-refractivity contribution in [1.82, 2.24) is 0 Å². The number of benzene rings is 2. The maximum Gasteiger partial charge on any atom is 0.338 e. The van der Waals surface area contributed by atoms with Crippen molar-refractivity contribution < 1.29 is 28.6 Å². The van der Waals surface area contributed by atoms with Gasteiger partial charge in [-0.05, 0) is 86.4 Å². The topological polar surface area (TPSA) is 131 Å². The molecule has 0 aromatic heterocycles. The number of ether oxygens (including phenoxy) is 3. The van der Waals surface area contributed by atoms with Crippen molar-refractivity contribution in [3.05, 3.63) is 59.7 Å². The molecule has 8 nitrogen and oxygen atoms in total. The fourth-order valence-corrected chi connectivity index (χ4v) is 4.28. The first-order chi connectivity index (χ1) is 17.8. The second-order valence-corrected chi connectivity index (χ2v) is 9.35. The molecule has 37 heavy (non-hydrogen) atoms. The van der Waals surface area contributed by atoms with E-state index in [4.69, 9.17) is 25.7 Å². The number of nitrogen functional groups attached to an aromatic ring is 2. The summed E-state index contributed by atoms with van der Waals surface area (Å²) in [5.74, 6) is 0.0803. The van der Waals surface area contributed by atoms with E-state index in [2.05, 4.69) is 6.92 Å². The van der Waals surface area contributed by atoms with E-state index >= 15 is 0 Å². The van der Waals surface area contributed by atoms with E-state index in [0.29, 0.717) is 35.5 Å². The third kappa shape index (κ3) is 9.29. The summed E-state index contributed by atoms with van der Waals surface area (Å²) in [6.45, 7) is 2.60. The Morgan fingerprint density at radius 1 is 0.892 bits per heavy atom. The largest absolute Gasteiger partial charge is 0.463 e. The maximum absolute atomic E-state index is 12.4. The molecule has 0 amide bonds. The van der Waals surface area contributed by atoms with Crippen molar-refractivity contribution in [2.24, 2.45) is 11.8 Å². The van der Waals surface area contributed by atoms with Gasteiger partial charge in [-0.2, -0.15) is 0 Å². The van der Waals surface area contributed by atoms with Gasteiger partial charge in [-0.3, -0.25) is 4.79 Å². The highest BCUT2D eigenvalue weighted by Crippen LogP contribution is 2.31. The summed E-state index contributed by atoms with van der Waals surface area (Å²) in [6.07, 6.45) is 9.20. The van der Waals surface area contributed by atoms with Gasteiger partial charge in [0.25, 0.3) is 0 Å². The maximum atomic E-state index is 12.4. The van der Waals surface area contributed by atoms with Crippen molar-refractivity contribution in [2.75, 3.05) is 24.7 Å². The Morgan fingerprint density at radius 2 is 1.51 bits per heavy atom. The molecule has 1 aliphatic carbocycles. The van der Waals surface area contributed by atoms with Gasteiger partial charge in [0.15, 0.2) is 0 Å². The third-order valence-electron chi connectivity index (χ3n) is 6.50. The Bertz CT molecular complexity index is 1070. The molecule has 0 heterocycles. The van der Waals surface area contributed by atoms with Crippen molar-refractivity contribution in [3.8, 4) is 5.75 Å². The lowest BCUT2D eigenvalue weighted by Gasteiger charge is -2.26.